The van der Waals surface area contributed by atoms with Crippen molar-refractivity contribution >= 4 is 23.5 Å². The molecule has 0 fully saturated rings. The highest BCUT2D eigenvalue weighted by atomic mass is 32.1. The van der Waals surface area contributed by atoms with Crippen molar-refractivity contribution in [2.45, 2.75) is 26.4 Å². The van der Waals surface area contributed by atoms with Crippen molar-refractivity contribution in [3.8, 4) is 0 Å². The van der Waals surface area contributed by atoms with Crippen LogP contribution in [-0.2, 0) is 9.53 Å². The number of hydrogen-bond acceptors (Lipinski definition) is 5. The zero-order chi connectivity index (χ0) is 11.3. The van der Waals surface area contributed by atoms with Crippen LogP contribution in [0.25, 0.3) is 0 Å². The molecule has 0 saturated heterocycles. The summed E-state index contributed by atoms with van der Waals surface area (Å²) in [6.45, 7) is 5.52. The zero-order valence-electron chi connectivity index (χ0n) is 9.06. The van der Waals surface area contributed by atoms with Gasteiger partial charge >= 0.3 is 5.97 Å². The number of nitrogens with zero attached hydrogens (tertiary/aromatic N) is 2. The first-order valence-corrected chi connectivity index (χ1v) is 5.46. The molecule has 15 heavy (non-hydrogen) atoms. The van der Waals surface area contributed by atoms with E-state index in [0.717, 1.165) is 5.01 Å². The third-order valence-electron chi connectivity index (χ3n) is 1.29. The molecule has 0 radical (unpaired) electrons. The number of esters is 1. The fourth-order valence-electron chi connectivity index (χ4n) is 0.870. The lowest BCUT2D eigenvalue weighted by Crippen LogP contribution is -2.25. The van der Waals surface area contributed by atoms with Gasteiger partial charge < -0.3 is 4.74 Å². The lowest BCUT2D eigenvalue weighted by molar-refractivity contribution is -0.152. The molecule has 0 aliphatic rings. The third kappa shape index (κ3) is 5.27. The summed E-state index contributed by atoms with van der Waals surface area (Å²) in [5, 5.41) is 2.65. The van der Waals surface area contributed by atoms with E-state index < -0.39 is 5.60 Å². The zero-order valence-corrected chi connectivity index (χ0v) is 9.87. The van der Waals surface area contributed by atoms with Crippen molar-refractivity contribution in [3.05, 3.63) is 16.6 Å². The van der Waals surface area contributed by atoms with E-state index in [0.29, 0.717) is 0 Å². The van der Waals surface area contributed by atoms with Gasteiger partial charge in [-0.15, -0.1) is 11.3 Å². The van der Waals surface area contributed by atoms with E-state index in [1.54, 1.807) is 12.4 Å². The first-order valence-electron chi connectivity index (χ1n) is 4.58. The van der Waals surface area contributed by atoms with Crippen molar-refractivity contribution in [3.63, 3.8) is 0 Å². The van der Waals surface area contributed by atoms with Gasteiger partial charge in [0.05, 0.1) is 6.21 Å². The van der Waals surface area contributed by atoms with Crippen molar-refractivity contribution < 1.29 is 9.53 Å². The maximum absolute atomic E-state index is 11.2. The Morgan fingerprint density at radius 1 is 1.67 bits per heavy atom. The standard InChI is InChI=1S/C10H14N2O2S/c1-10(2,3)14-9(13)7-11-6-8-12-4-5-15-8/h4-6H,7H2,1-3H3. The molecule has 0 N–H and O–H groups in total. The van der Waals surface area contributed by atoms with E-state index in [-0.39, 0.29) is 12.5 Å². The Kier molecular flexibility index (Phi) is 3.96. The molecule has 1 aromatic heterocycles. The summed E-state index contributed by atoms with van der Waals surface area (Å²) in [4.78, 5) is 19.2. The van der Waals surface area contributed by atoms with Crippen LogP contribution in [0.2, 0.25) is 0 Å². The quantitative estimate of drug-likeness (QED) is 0.584. The second-order valence-corrected chi connectivity index (χ2v) is 4.85. The van der Waals surface area contributed by atoms with Crippen molar-refractivity contribution in [1.82, 2.24) is 4.98 Å². The van der Waals surface area contributed by atoms with Gasteiger partial charge in [-0.3, -0.25) is 9.79 Å². The molecule has 4 nitrogen and oxygen atoms in total. The fraction of sp³-hybridized carbons (Fsp3) is 0.500. The first-order chi connectivity index (χ1) is 6.97. The Labute approximate surface area is 93.0 Å². The minimum atomic E-state index is -0.451. The molecule has 0 saturated carbocycles. The van der Waals surface area contributed by atoms with Crippen LogP contribution in [0.5, 0.6) is 0 Å². The van der Waals surface area contributed by atoms with E-state index in [2.05, 4.69) is 9.98 Å². The minimum Gasteiger partial charge on any atom is -0.459 e. The molecule has 0 atom stereocenters. The lowest BCUT2D eigenvalue weighted by Gasteiger charge is -2.18. The van der Waals surface area contributed by atoms with Gasteiger partial charge in [-0.05, 0) is 20.8 Å². The Hall–Kier alpha value is -1.23. The largest absolute Gasteiger partial charge is 0.459 e. The molecule has 5 heteroatoms. The Morgan fingerprint density at radius 3 is 2.93 bits per heavy atom. The summed E-state index contributed by atoms with van der Waals surface area (Å²) >= 11 is 1.48. The molecule has 82 valence electrons. The van der Waals surface area contributed by atoms with Crippen LogP contribution in [0.15, 0.2) is 16.6 Å². The van der Waals surface area contributed by atoms with Gasteiger partial charge in [0.1, 0.15) is 17.2 Å². The average molecular weight is 226 g/mol. The second kappa shape index (κ2) is 5.02. The first kappa shape index (κ1) is 11.8. The van der Waals surface area contributed by atoms with Gasteiger partial charge in [-0.25, -0.2) is 4.98 Å². The van der Waals surface area contributed by atoms with Crippen LogP contribution in [0.4, 0.5) is 0 Å². The highest BCUT2D eigenvalue weighted by molar-refractivity contribution is 7.11. The van der Waals surface area contributed by atoms with Gasteiger partial charge in [0.2, 0.25) is 0 Å². The molecule has 0 aliphatic carbocycles. The molecular formula is C10H14N2O2S. The van der Waals surface area contributed by atoms with E-state index in [9.17, 15) is 4.79 Å². The van der Waals surface area contributed by atoms with Gasteiger partial charge in [0, 0.05) is 11.6 Å². The molecule has 0 amide bonds. The van der Waals surface area contributed by atoms with Crippen molar-refractivity contribution in [2.75, 3.05) is 6.54 Å². The summed E-state index contributed by atoms with van der Waals surface area (Å²) in [5.41, 5.74) is -0.451. The van der Waals surface area contributed by atoms with Crippen LogP contribution in [0.1, 0.15) is 25.8 Å². The van der Waals surface area contributed by atoms with Crippen molar-refractivity contribution in [1.29, 1.82) is 0 Å². The predicted molar refractivity (Wildman–Crippen MR) is 60.4 cm³/mol. The van der Waals surface area contributed by atoms with Crippen LogP contribution in [0.3, 0.4) is 0 Å². The molecule has 0 aliphatic heterocycles. The lowest BCUT2D eigenvalue weighted by atomic mass is 10.2. The van der Waals surface area contributed by atoms with Gasteiger partial charge in [-0.1, -0.05) is 0 Å². The highest BCUT2D eigenvalue weighted by Gasteiger charge is 2.15. The predicted octanol–water partition coefficient (Wildman–Crippen LogP) is 1.90. The van der Waals surface area contributed by atoms with Gasteiger partial charge in [-0.2, -0.15) is 0 Å². The molecular weight excluding hydrogens is 212 g/mol. The van der Waals surface area contributed by atoms with Crippen LogP contribution in [0, 0.1) is 0 Å². The smallest absolute Gasteiger partial charge is 0.328 e. The van der Waals surface area contributed by atoms with Gasteiger partial charge in [0.25, 0.3) is 0 Å². The topological polar surface area (TPSA) is 51.5 Å². The number of rotatable bonds is 3. The second-order valence-electron chi connectivity index (χ2n) is 3.93. The number of carbonyl (C=O) groups excluding carboxylic acids is 1. The Morgan fingerprint density at radius 2 is 2.40 bits per heavy atom. The SMILES string of the molecule is CC(C)(C)OC(=O)CN=Cc1nccs1. The molecule has 0 spiro atoms. The maximum atomic E-state index is 11.2. The maximum Gasteiger partial charge on any atom is 0.328 e. The summed E-state index contributed by atoms with van der Waals surface area (Å²) in [7, 11) is 0. The summed E-state index contributed by atoms with van der Waals surface area (Å²) < 4.78 is 5.09. The number of ether oxygens (including phenoxy) is 1. The Bertz CT molecular complexity index is 339. The molecule has 0 bridgehead atoms. The van der Waals surface area contributed by atoms with Crippen LogP contribution >= 0.6 is 11.3 Å². The molecule has 1 aromatic rings. The molecule has 1 rings (SSSR count). The van der Waals surface area contributed by atoms with E-state index in [4.69, 9.17) is 4.74 Å². The number of aliphatic imine (C=N–C) groups is 1. The molecule has 0 aromatic carbocycles. The van der Waals surface area contributed by atoms with E-state index in [1.165, 1.54) is 11.3 Å². The Balaban J connectivity index is 2.35. The summed E-state index contributed by atoms with van der Waals surface area (Å²) in [6, 6.07) is 0. The number of thiazole rings is 1. The monoisotopic (exact) mass is 226 g/mol. The van der Waals surface area contributed by atoms with Crippen LogP contribution in [-0.4, -0.2) is 29.3 Å². The van der Waals surface area contributed by atoms with Crippen molar-refractivity contribution in [2.24, 2.45) is 4.99 Å². The fourth-order valence-corrected chi connectivity index (χ4v) is 1.39. The number of carbonyl (C=O) groups is 1. The molecule has 0 unspecified atom stereocenters. The third-order valence-corrected chi connectivity index (χ3v) is 2.00. The average Bonchev–Trinajstić information content (AvgIpc) is 2.53. The molecule has 1 heterocycles. The van der Waals surface area contributed by atoms with Crippen LogP contribution < -0.4 is 0 Å². The summed E-state index contributed by atoms with van der Waals surface area (Å²) in [5.74, 6) is -0.324. The number of aromatic nitrogens is 1. The van der Waals surface area contributed by atoms with Gasteiger partial charge in [0.15, 0.2) is 0 Å². The van der Waals surface area contributed by atoms with E-state index >= 15 is 0 Å². The minimum absolute atomic E-state index is 0.0385. The normalized spacial score (nSPS) is 11.9. The number of hydrogen-bond donors (Lipinski definition) is 0. The highest BCUT2D eigenvalue weighted by Crippen LogP contribution is 2.06. The van der Waals surface area contributed by atoms with E-state index in [1.807, 2.05) is 26.2 Å². The summed E-state index contributed by atoms with van der Waals surface area (Å²) in [6.07, 6.45) is 3.27.